The predicted molar refractivity (Wildman–Crippen MR) is 120 cm³/mol. The molecule has 2 N–H and O–H groups in total. The minimum absolute atomic E-state index is 0.0298. The predicted octanol–water partition coefficient (Wildman–Crippen LogP) is 5.07. The number of benzene rings is 2. The van der Waals surface area contributed by atoms with Crippen LogP contribution in [0, 0.1) is 13.8 Å². The van der Waals surface area contributed by atoms with E-state index in [1.54, 1.807) is 19.1 Å². The van der Waals surface area contributed by atoms with Crippen molar-refractivity contribution in [2.45, 2.75) is 52.7 Å². The van der Waals surface area contributed by atoms with Crippen LogP contribution in [-0.4, -0.2) is 23.3 Å². The molecule has 0 aromatic heterocycles. The fourth-order valence-corrected chi connectivity index (χ4v) is 3.77. The highest BCUT2D eigenvalue weighted by atomic mass is 32.1. The van der Waals surface area contributed by atoms with E-state index >= 15 is 0 Å². The molecule has 0 bridgehead atoms. The Hall–Kier alpha value is -2.60. The van der Waals surface area contributed by atoms with Crippen molar-refractivity contribution in [3.8, 4) is 5.75 Å². The van der Waals surface area contributed by atoms with Gasteiger partial charge in [-0.3, -0.25) is 0 Å². The molecule has 29 heavy (non-hydrogen) atoms. The lowest BCUT2D eigenvalue weighted by molar-refractivity contribution is 0.0526. The molecule has 3 rings (SSSR count). The van der Waals surface area contributed by atoms with Gasteiger partial charge in [-0.2, -0.15) is 0 Å². The first-order valence-corrected chi connectivity index (χ1v) is 10.2. The Kier molecular flexibility index (Phi) is 6.13. The minimum atomic E-state index is -0.343. The van der Waals surface area contributed by atoms with Crippen LogP contribution in [0.15, 0.2) is 36.4 Å². The summed E-state index contributed by atoms with van der Waals surface area (Å²) in [6, 6.07) is 11.6. The second-order valence-electron chi connectivity index (χ2n) is 8.01. The zero-order valence-electron chi connectivity index (χ0n) is 17.6. The molecular formula is C23H28N2O3S. The summed E-state index contributed by atoms with van der Waals surface area (Å²) >= 11 is 5.59. The third-order valence-corrected chi connectivity index (χ3v) is 5.14. The lowest BCUT2D eigenvalue weighted by atomic mass is 9.89. The molecule has 1 aliphatic rings. The number of hydrogen-bond donors (Lipinski definition) is 2. The van der Waals surface area contributed by atoms with E-state index in [1.807, 2.05) is 19.1 Å². The molecule has 6 heteroatoms. The van der Waals surface area contributed by atoms with Gasteiger partial charge in [-0.25, -0.2) is 4.79 Å². The number of carbonyl (C=O) groups excluding carboxylic acids is 1. The molecule has 0 saturated heterocycles. The number of carbonyl (C=O) groups is 1. The fraction of sp³-hybridized carbons (Fsp3) is 0.391. The maximum atomic E-state index is 12.0. The van der Waals surface area contributed by atoms with Gasteiger partial charge in [0, 0.05) is 17.7 Å². The van der Waals surface area contributed by atoms with Crippen molar-refractivity contribution in [1.29, 1.82) is 0 Å². The normalized spacial score (nSPS) is 16.9. The molecular weight excluding hydrogens is 384 g/mol. The minimum Gasteiger partial charge on any atom is -0.487 e. The van der Waals surface area contributed by atoms with Crippen LogP contribution >= 0.6 is 12.2 Å². The van der Waals surface area contributed by atoms with E-state index in [4.69, 9.17) is 21.7 Å². The number of ether oxygens (including phenoxy) is 2. The molecule has 1 heterocycles. The van der Waals surface area contributed by atoms with Gasteiger partial charge in [0.25, 0.3) is 0 Å². The van der Waals surface area contributed by atoms with Gasteiger partial charge in [-0.05, 0) is 70.6 Å². The number of aryl methyl sites for hydroxylation is 2. The van der Waals surface area contributed by atoms with E-state index in [2.05, 4.69) is 43.5 Å². The first kappa shape index (κ1) is 21.1. The highest BCUT2D eigenvalue weighted by Crippen LogP contribution is 2.39. The maximum Gasteiger partial charge on any atom is 0.338 e. The van der Waals surface area contributed by atoms with Crippen LogP contribution in [-0.2, 0) is 4.74 Å². The van der Waals surface area contributed by atoms with Crippen molar-refractivity contribution in [2.75, 3.05) is 11.9 Å². The van der Waals surface area contributed by atoms with E-state index < -0.39 is 0 Å². The van der Waals surface area contributed by atoms with Crippen molar-refractivity contribution in [2.24, 2.45) is 0 Å². The maximum absolute atomic E-state index is 12.0. The summed E-state index contributed by atoms with van der Waals surface area (Å²) < 4.78 is 11.2. The molecule has 0 fully saturated rings. The first-order chi connectivity index (χ1) is 13.7. The van der Waals surface area contributed by atoms with Crippen LogP contribution in [0.4, 0.5) is 5.69 Å². The van der Waals surface area contributed by atoms with Crippen LogP contribution < -0.4 is 15.4 Å². The van der Waals surface area contributed by atoms with Crippen molar-refractivity contribution in [1.82, 2.24) is 5.32 Å². The summed E-state index contributed by atoms with van der Waals surface area (Å²) in [5.41, 5.74) is 4.25. The zero-order chi connectivity index (χ0) is 21.2. The van der Waals surface area contributed by atoms with Crippen molar-refractivity contribution in [3.05, 3.63) is 58.7 Å². The molecule has 0 saturated carbocycles. The molecule has 154 valence electrons. The van der Waals surface area contributed by atoms with Gasteiger partial charge in [0.15, 0.2) is 5.11 Å². The van der Waals surface area contributed by atoms with E-state index in [0.29, 0.717) is 17.3 Å². The van der Waals surface area contributed by atoms with E-state index in [9.17, 15) is 4.79 Å². The van der Waals surface area contributed by atoms with Crippen molar-refractivity contribution < 1.29 is 14.3 Å². The number of anilines is 1. The van der Waals surface area contributed by atoms with E-state index in [0.717, 1.165) is 29.0 Å². The molecule has 1 unspecified atom stereocenters. The van der Waals surface area contributed by atoms with Crippen LogP contribution in [0.3, 0.4) is 0 Å². The van der Waals surface area contributed by atoms with Gasteiger partial charge in [-0.1, -0.05) is 23.8 Å². The molecule has 0 amide bonds. The Morgan fingerprint density at radius 3 is 2.72 bits per heavy atom. The number of nitrogens with one attached hydrogen (secondary N) is 2. The number of rotatable bonds is 4. The van der Waals surface area contributed by atoms with Gasteiger partial charge in [0.05, 0.1) is 18.2 Å². The molecule has 2 aromatic rings. The molecule has 0 spiro atoms. The van der Waals surface area contributed by atoms with Crippen LogP contribution in [0.2, 0.25) is 0 Å². The van der Waals surface area contributed by atoms with Crippen LogP contribution in [0.5, 0.6) is 5.75 Å². The van der Waals surface area contributed by atoms with Gasteiger partial charge in [-0.15, -0.1) is 0 Å². The smallest absolute Gasteiger partial charge is 0.338 e. The molecule has 0 aliphatic carbocycles. The van der Waals surface area contributed by atoms with Crippen molar-refractivity contribution in [3.63, 3.8) is 0 Å². The molecule has 5 nitrogen and oxygen atoms in total. The standard InChI is InChI=1S/C23H28N2O3S/c1-6-27-21(26)16-9-8-15(3)18(12-16)24-22(29)25-19-13-23(4,5)28-20-10-7-14(2)11-17(19)20/h7-12,19H,6,13H2,1-5H3,(H2,24,25,29). The Balaban J connectivity index is 1.78. The summed E-state index contributed by atoms with van der Waals surface area (Å²) in [4.78, 5) is 12.0. The zero-order valence-corrected chi connectivity index (χ0v) is 18.4. The van der Waals surface area contributed by atoms with Crippen LogP contribution in [0.25, 0.3) is 0 Å². The number of thiocarbonyl (C=S) groups is 1. The number of esters is 1. The summed E-state index contributed by atoms with van der Waals surface area (Å²) in [6.07, 6.45) is 0.785. The van der Waals surface area contributed by atoms with Gasteiger partial charge in [0.1, 0.15) is 11.4 Å². The lowest BCUT2D eigenvalue weighted by Gasteiger charge is -2.38. The van der Waals surface area contributed by atoms with Gasteiger partial charge >= 0.3 is 5.97 Å². The Bertz CT molecular complexity index is 940. The molecule has 2 aromatic carbocycles. The monoisotopic (exact) mass is 412 g/mol. The number of hydrogen-bond acceptors (Lipinski definition) is 4. The Morgan fingerprint density at radius 2 is 2.00 bits per heavy atom. The Morgan fingerprint density at radius 1 is 1.24 bits per heavy atom. The van der Waals surface area contributed by atoms with Crippen molar-refractivity contribution >= 4 is 29.0 Å². The average molecular weight is 413 g/mol. The third kappa shape index (κ3) is 5.07. The molecule has 1 aliphatic heterocycles. The highest BCUT2D eigenvalue weighted by Gasteiger charge is 2.34. The first-order valence-electron chi connectivity index (χ1n) is 9.83. The topological polar surface area (TPSA) is 59.6 Å². The number of fused-ring (bicyclic) bond motifs is 1. The Labute approximate surface area is 177 Å². The summed E-state index contributed by atoms with van der Waals surface area (Å²) in [5.74, 6) is 0.539. The second-order valence-corrected chi connectivity index (χ2v) is 8.42. The van der Waals surface area contributed by atoms with Gasteiger partial charge in [0.2, 0.25) is 0 Å². The molecule has 0 radical (unpaired) electrons. The van der Waals surface area contributed by atoms with Crippen LogP contribution in [0.1, 0.15) is 60.3 Å². The summed E-state index contributed by atoms with van der Waals surface area (Å²) in [6.45, 7) is 10.3. The fourth-order valence-electron chi connectivity index (χ4n) is 3.52. The second kappa shape index (κ2) is 8.41. The van der Waals surface area contributed by atoms with Gasteiger partial charge < -0.3 is 20.1 Å². The summed E-state index contributed by atoms with van der Waals surface area (Å²) in [5, 5.41) is 7.17. The van der Waals surface area contributed by atoms with E-state index in [1.165, 1.54) is 5.56 Å². The molecule has 1 atom stereocenters. The SMILES string of the molecule is CCOC(=O)c1ccc(C)c(NC(=S)NC2CC(C)(C)Oc3ccc(C)cc32)c1. The quantitative estimate of drug-likeness (QED) is 0.540. The third-order valence-electron chi connectivity index (χ3n) is 4.92. The lowest BCUT2D eigenvalue weighted by Crippen LogP contribution is -2.42. The summed E-state index contributed by atoms with van der Waals surface area (Å²) in [7, 11) is 0. The largest absolute Gasteiger partial charge is 0.487 e. The highest BCUT2D eigenvalue weighted by molar-refractivity contribution is 7.80. The van der Waals surface area contributed by atoms with E-state index in [-0.39, 0.29) is 17.6 Å². The average Bonchev–Trinajstić information content (AvgIpc) is 2.63.